The van der Waals surface area contributed by atoms with Crippen molar-refractivity contribution in [2.75, 3.05) is 19.8 Å². The van der Waals surface area contributed by atoms with Crippen LogP contribution in [-0.4, -0.2) is 30.9 Å². The second-order valence-corrected chi connectivity index (χ2v) is 22.5. The highest BCUT2D eigenvalue weighted by molar-refractivity contribution is 7.31. The molecule has 62 heavy (non-hydrogen) atoms. The van der Waals surface area contributed by atoms with Crippen molar-refractivity contribution in [3.05, 3.63) is 38.6 Å². The van der Waals surface area contributed by atoms with Crippen molar-refractivity contribution >= 4 is 81.6 Å². The van der Waals surface area contributed by atoms with E-state index in [1.807, 2.05) is 39.0 Å². The molecule has 352 valence electrons. The summed E-state index contributed by atoms with van der Waals surface area (Å²) >= 11 is 6.50. The van der Waals surface area contributed by atoms with Crippen molar-refractivity contribution in [3.8, 4) is 15.5 Å². The lowest BCUT2D eigenvalue weighted by atomic mass is 9.92. The van der Waals surface area contributed by atoms with E-state index in [0.29, 0.717) is 43.0 Å². The molecule has 0 aliphatic carbocycles. The molecule has 1 aromatic carbocycles. The fourth-order valence-corrected chi connectivity index (χ4v) is 12.3. The van der Waals surface area contributed by atoms with E-state index in [0.717, 1.165) is 73.7 Å². The Balaban J connectivity index is 0.000000895. The number of ether oxygens (including phenoxy) is 2. The summed E-state index contributed by atoms with van der Waals surface area (Å²) in [5.41, 5.74) is -0.240. The van der Waals surface area contributed by atoms with Crippen molar-refractivity contribution < 1.29 is 23.8 Å². The molecule has 3 atom stereocenters. The quantitative estimate of drug-likeness (QED) is 0.0790. The molecule has 5 rings (SSSR count). The molecule has 0 amide bonds. The highest BCUT2D eigenvalue weighted by atomic mass is 32.1. The zero-order chi connectivity index (χ0) is 46.8. The van der Waals surface area contributed by atoms with E-state index in [-0.39, 0.29) is 15.7 Å². The van der Waals surface area contributed by atoms with Gasteiger partial charge in [-0.15, -0.1) is 45.3 Å². The maximum atomic E-state index is 16.4. The Labute approximate surface area is 393 Å². The van der Waals surface area contributed by atoms with E-state index in [2.05, 4.69) is 101 Å². The van der Waals surface area contributed by atoms with Crippen LogP contribution in [0, 0.1) is 23.6 Å². The van der Waals surface area contributed by atoms with E-state index in [1.165, 1.54) is 64.8 Å². The zero-order valence-electron chi connectivity index (χ0n) is 41.8. The molecule has 4 heterocycles. The molecule has 9 heteroatoms. The van der Waals surface area contributed by atoms with E-state index in [9.17, 15) is 4.79 Å². The minimum atomic E-state index is -0.542. The van der Waals surface area contributed by atoms with E-state index in [4.69, 9.17) is 14.6 Å². The first kappa shape index (κ1) is 56.1. The van der Waals surface area contributed by atoms with Crippen molar-refractivity contribution in [1.29, 1.82) is 0 Å². The summed E-state index contributed by atoms with van der Waals surface area (Å²) in [6, 6.07) is 6.89. The van der Waals surface area contributed by atoms with Gasteiger partial charge in [-0.2, -0.15) is 0 Å². The number of esters is 1. The molecule has 5 aromatic rings. The summed E-state index contributed by atoms with van der Waals surface area (Å²) in [5.74, 6) is 1.38. The highest BCUT2D eigenvalue weighted by Crippen LogP contribution is 2.53. The molecule has 0 radical (unpaired) electrons. The first-order chi connectivity index (χ1) is 29.6. The Morgan fingerprint density at radius 1 is 0.694 bits per heavy atom. The van der Waals surface area contributed by atoms with Crippen LogP contribution in [0.15, 0.2) is 18.2 Å². The third kappa shape index (κ3) is 15.0. The summed E-state index contributed by atoms with van der Waals surface area (Å²) in [7, 11) is 0. The maximum absolute atomic E-state index is 16.4. The van der Waals surface area contributed by atoms with Crippen LogP contribution in [0.1, 0.15) is 207 Å². The number of halogens is 1. The van der Waals surface area contributed by atoms with E-state index in [1.54, 1.807) is 22.7 Å². The monoisotopic (exact) mass is 933 g/mol. The van der Waals surface area contributed by atoms with Crippen LogP contribution < -0.4 is 4.74 Å². The van der Waals surface area contributed by atoms with Crippen LogP contribution in [0.2, 0.25) is 0 Å². The summed E-state index contributed by atoms with van der Waals surface area (Å²) in [4.78, 5) is 17.9. The van der Waals surface area contributed by atoms with E-state index >= 15 is 4.39 Å². The molecule has 1 N–H and O–H groups in total. The normalized spacial score (nSPS) is 13.2. The summed E-state index contributed by atoms with van der Waals surface area (Å²) in [6.45, 7) is 35.7. The first-order valence-corrected chi connectivity index (χ1v) is 27.5. The Morgan fingerprint density at radius 3 is 1.74 bits per heavy atom. The van der Waals surface area contributed by atoms with Gasteiger partial charge in [0.15, 0.2) is 5.82 Å². The third-order valence-electron chi connectivity index (χ3n) is 11.4. The number of hydrogen-bond donors (Lipinski definition) is 1. The molecule has 4 aromatic heterocycles. The fraction of sp³-hybridized carbons (Fsp3) is 0.679. The number of hydrogen-bond acceptors (Lipinski definition) is 8. The van der Waals surface area contributed by atoms with Gasteiger partial charge in [0.1, 0.15) is 10.6 Å². The lowest BCUT2D eigenvalue weighted by Gasteiger charge is -2.17. The lowest BCUT2D eigenvalue weighted by molar-refractivity contribution is 0.0429. The molecule has 0 saturated heterocycles. The molecular formula is C53H85FO4S4. The second-order valence-electron chi connectivity index (χ2n) is 18.3. The van der Waals surface area contributed by atoms with Gasteiger partial charge in [0, 0.05) is 36.7 Å². The van der Waals surface area contributed by atoms with Crippen LogP contribution in [0.25, 0.3) is 40.0 Å². The Hall–Kier alpha value is -2.04. The Bertz CT molecular complexity index is 2030. The fourth-order valence-electron chi connectivity index (χ4n) is 7.24. The molecule has 4 nitrogen and oxygen atoms in total. The predicted octanol–water partition coefficient (Wildman–Crippen LogP) is 19.0. The Morgan fingerprint density at radius 2 is 1.24 bits per heavy atom. The number of carbonyl (C=O) groups is 1. The number of carbonyl (C=O) groups excluding carboxylic acids is 1. The van der Waals surface area contributed by atoms with Crippen LogP contribution in [-0.2, 0) is 15.6 Å². The van der Waals surface area contributed by atoms with Gasteiger partial charge >= 0.3 is 5.97 Å². The van der Waals surface area contributed by atoms with Crippen molar-refractivity contribution in [2.45, 2.75) is 199 Å². The van der Waals surface area contributed by atoms with Gasteiger partial charge in [0.2, 0.25) is 0 Å². The van der Waals surface area contributed by atoms with Gasteiger partial charge in [-0.3, -0.25) is 0 Å². The molecule has 0 aliphatic heterocycles. The van der Waals surface area contributed by atoms with Crippen molar-refractivity contribution in [1.82, 2.24) is 0 Å². The number of fused-ring (bicyclic) bond motifs is 3. The van der Waals surface area contributed by atoms with Gasteiger partial charge < -0.3 is 14.6 Å². The van der Waals surface area contributed by atoms with Gasteiger partial charge in [0.05, 0.1) is 27.5 Å². The van der Waals surface area contributed by atoms with Crippen molar-refractivity contribution in [3.63, 3.8) is 0 Å². The lowest BCUT2D eigenvalue weighted by Crippen LogP contribution is -2.14. The number of aliphatic hydroxyl groups is 1. The molecule has 0 saturated carbocycles. The smallest absolute Gasteiger partial charge is 0.351 e. The Kier molecular flexibility index (Phi) is 24.8. The topological polar surface area (TPSA) is 55.8 Å². The number of aliphatic hydroxyl groups excluding tert-OH is 1. The van der Waals surface area contributed by atoms with E-state index < -0.39 is 11.8 Å². The summed E-state index contributed by atoms with van der Waals surface area (Å²) in [6.07, 6.45) is 13.7. The summed E-state index contributed by atoms with van der Waals surface area (Å²) < 4.78 is 32.2. The maximum Gasteiger partial charge on any atom is 0.351 e. The molecule has 0 fully saturated rings. The van der Waals surface area contributed by atoms with Gasteiger partial charge in [-0.05, 0) is 71.4 Å². The minimum absolute atomic E-state index is 0.0492. The SMILES string of the molecule is CC.CC.CCCCC(CC)CO.CCCCC(CC)COC(=O)c1sc2c(-c3cc4cc5sc(C(C)(C)C)cc5c(OCC(CC)CCCC)c4s3)sc(C(C)(C)C)c2c1F. The molecule has 3 unspecified atom stereocenters. The standard InChI is InChI=1S/C41H55FO3S4.C8H18O.2C2H6/c1-11-15-17-24(13-3)22-44-33-27-21-30(40(5,6)7)46-28(27)19-26-20-29(47-34(26)33)35-36-31(38(49-35)41(8,9)10)32(42)37(48-36)39(43)45-23-25(14-4)18-16-12-2;1-3-5-6-8(4-2)7-9;2*1-2/h19-21,24-25H,11-18,22-23H2,1-10H3;8-9H,3-7H2,1-2H3;2*1-2H3. The number of rotatable bonds is 20. The van der Waals surface area contributed by atoms with Crippen molar-refractivity contribution in [2.24, 2.45) is 17.8 Å². The zero-order valence-corrected chi connectivity index (χ0v) is 45.0. The molecule has 0 aliphatic rings. The minimum Gasteiger partial charge on any atom is -0.491 e. The largest absolute Gasteiger partial charge is 0.491 e. The number of thiophene rings is 4. The predicted molar refractivity (Wildman–Crippen MR) is 279 cm³/mol. The number of unbranched alkanes of at least 4 members (excludes halogenated alkanes) is 3. The van der Waals surface area contributed by atoms with Gasteiger partial charge in [-0.25, -0.2) is 9.18 Å². The van der Waals surface area contributed by atoms with Gasteiger partial charge in [-0.1, -0.05) is 169 Å². The summed E-state index contributed by atoms with van der Waals surface area (Å²) in [5, 5.41) is 11.7. The average Bonchev–Trinajstić information content (AvgIpc) is 4.05. The average molecular weight is 934 g/mol. The van der Waals surface area contributed by atoms with Crippen LogP contribution in [0.4, 0.5) is 4.39 Å². The van der Waals surface area contributed by atoms with Crippen LogP contribution in [0.3, 0.4) is 0 Å². The van der Waals surface area contributed by atoms with Gasteiger partial charge in [0.25, 0.3) is 0 Å². The molecular weight excluding hydrogens is 848 g/mol. The third-order valence-corrected chi connectivity index (χ3v) is 17.1. The molecule has 0 spiro atoms. The number of benzene rings is 1. The van der Waals surface area contributed by atoms with Crippen LogP contribution in [0.5, 0.6) is 5.75 Å². The van der Waals surface area contributed by atoms with Crippen LogP contribution >= 0.6 is 45.3 Å². The second kappa shape index (κ2) is 27.4. The first-order valence-electron chi connectivity index (χ1n) is 24.2. The molecule has 0 bridgehead atoms. The highest BCUT2D eigenvalue weighted by Gasteiger charge is 2.32.